The lowest BCUT2D eigenvalue weighted by atomic mass is 10.2. The monoisotopic (exact) mass is 384 g/mol. The maximum absolute atomic E-state index is 6.27. The lowest BCUT2D eigenvalue weighted by Gasteiger charge is -2.26. The predicted molar refractivity (Wildman–Crippen MR) is 104 cm³/mol. The summed E-state index contributed by atoms with van der Waals surface area (Å²) in [6.07, 6.45) is 1.01. The third-order valence-electron chi connectivity index (χ3n) is 4.07. The maximum atomic E-state index is 6.27. The van der Waals surface area contributed by atoms with E-state index in [9.17, 15) is 0 Å². The molecular formula is C18H29ClN4O3. The Morgan fingerprint density at radius 2 is 2.15 bits per heavy atom. The Bertz CT molecular complexity index is 592. The lowest BCUT2D eigenvalue weighted by Crippen LogP contribution is -2.39. The lowest BCUT2D eigenvalue weighted by molar-refractivity contribution is 0.0376. The van der Waals surface area contributed by atoms with E-state index in [1.165, 1.54) is 0 Å². The Morgan fingerprint density at radius 3 is 2.85 bits per heavy atom. The number of halogens is 1. The minimum Gasteiger partial charge on any atom is -0.493 e. The van der Waals surface area contributed by atoms with Gasteiger partial charge in [-0.1, -0.05) is 11.6 Å². The van der Waals surface area contributed by atoms with Crippen LogP contribution in [0.1, 0.15) is 18.9 Å². The molecule has 1 fully saturated rings. The first-order valence-electron chi connectivity index (χ1n) is 8.97. The van der Waals surface area contributed by atoms with Crippen LogP contribution in [-0.4, -0.2) is 64.0 Å². The molecule has 1 aromatic carbocycles. The fourth-order valence-electron chi connectivity index (χ4n) is 2.73. The van der Waals surface area contributed by atoms with Crippen molar-refractivity contribution in [3.63, 3.8) is 0 Å². The highest BCUT2D eigenvalue weighted by molar-refractivity contribution is 6.32. The zero-order valence-electron chi connectivity index (χ0n) is 15.6. The number of nitrogens with one attached hydrogen (secondary N) is 1. The summed E-state index contributed by atoms with van der Waals surface area (Å²) in [6.45, 7) is 8.33. The number of morpholine rings is 1. The fraction of sp³-hybridized carbons (Fsp3) is 0.611. The highest BCUT2D eigenvalue weighted by atomic mass is 35.5. The third kappa shape index (κ3) is 6.55. The number of nitrogens with two attached hydrogens (primary N) is 1. The highest BCUT2D eigenvalue weighted by Crippen LogP contribution is 2.36. The molecule has 8 heteroatoms. The van der Waals surface area contributed by atoms with Crippen molar-refractivity contribution >= 4 is 17.6 Å². The van der Waals surface area contributed by atoms with Gasteiger partial charge in [-0.05, 0) is 37.6 Å². The standard InChI is InChI=1S/C18H29ClN4O3/c1-3-26-17-15(19)11-14(12-16(17)24-2)13-22-18(20)21-5-4-6-23-7-9-25-10-8-23/h11-12H,3-10,13H2,1-2H3,(H3,20,21,22). The Hall–Kier alpha value is -1.70. The molecule has 26 heavy (non-hydrogen) atoms. The molecule has 146 valence electrons. The van der Waals surface area contributed by atoms with Gasteiger partial charge in [0.15, 0.2) is 17.5 Å². The molecule has 0 radical (unpaired) electrons. The number of ether oxygens (including phenoxy) is 3. The second kappa shape index (κ2) is 11.1. The van der Waals surface area contributed by atoms with E-state index < -0.39 is 0 Å². The number of hydrogen-bond acceptors (Lipinski definition) is 5. The molecule has 1 heterocycles. The molecule has 3 N–H and O–H groups in total. The van der Waals surface area contributed by atoms with Crippen molar-refractivity contribution < 1.29 is 14.2 Å². The number of methoxy groups -OCH3 is 1. The van der Waals surface area contributed by atoms with Gasteiger partial charge in [0.2, 0.25) is 0 Å². The fourth-order valence-corrected chi connectivity index (χ4v) is 3.01. The van der Waals surface area contributed by atoms with Crippen LogP contribution < -0.4 is 20.5 Å². The van der Waals surface area contributed by atoms with Crippen molar-refractivity contribution in [2.45, 2.75) is 19.9 Å². The van der Waals surface area contributed by atoms with Crippen molar-refractivity contribution in [1.82, 2.24) is 10.2 Å². The Labute approximate surface area is 160 Å². The van der Waals surface area contributed by atoms with Crippen LogP contribution in [0.25, 0.3) is 0 Å². The molecule has 0 bridgehead atoms. The number of rotatable bonds is 9. The Balaban J connectivity index is 1.79. The summed E-state index contributed by atoms with van der Waals surface area (Å²) < 4.78 is 16.2. The van der Waals surface area contributed by atoms with Crippen molar-refractivity contribution in [3.05, 3.63) is 22.7 Å². The minimum atomic E-state index is 0.421. The summed E-state index contributed by atoms with van der Waals surface area (Å²) in [7, 11) is 1.59. The normalized spacial score (nSPS) is 15.7. The zero-order chi connectivity index (χ0) is 18.8. The zero-order valence-corrected chi connectivity index (χ0v) is 16.3. The number of nitrogens with zero attached hydrogens (tertiary/aromatic N) is 2. The van der Waals surface area contributed by atoms with Gasteiger partial charge >= 0.3 is 0 Å². The molecule has 0 saturated carbocycles. The molecule has 0 spiro atoms. The first-order valence-corrected chi connectivity index (χ1v) is 9.35. The van der Waals surface area contributed by atoms with E-state index in [0.29, 0.717) is 35.6 Å². The van der Waals surface area contributed by atoms with Crippen LogP contribution in [0.3, 0.4) is 0 Å². The van der Waals surface area contributed by atoms with Gasteiger partial charge in [-0.15, -0.1) is 0 Å². The molecule has 0 aliphatic carbocycles. The average Bonchev–Trinajstić information content (AvgIpc) is 2.66. The van der Waals surface area contributed by atoms with Gasteiger partial charge in [0.1, 0.15) is 0 Å². The first kappa shape index (κ1) is 20.6. The van der Waals surface area contributed by atoms with Crippen LogP contribution >= 0.6 is 11.6 Å². The molecule has 2 rings (SSSR count). The second-order valence-corrected chi connectivity index (χ2v) is 6.39. The van der Waals surface area contributed by atoms with Gasteiger partial charge in [0.05, 0.1) is 38.5 Å². The molecule has 7 nitrogen and oxygen atoms in total. The summed E-state index contributed by atoms with van der Waals surface area (Å²) in [5, 5.41) is 3.66. The van der Waals surface area contributed by atoms with Gasteiger partial charge in [-0.3, -0.25) is 4.90 Å². The van der Waals surface area contributed by atoms with Crippen LogP contribution in [0.4, 0.5) is 0 Å². The Morgan fingerprint density at radius 1 is 1.38 bits per heavy atom. The van der Waals surface area contributed by atoms with Crippen LogP contribution in [-0.2, 0) is 11.3 Å². The number of aliphatic imine (C=N–C) groups is 1. The number of hydrogen-bond donors (Lipinski definition) is 2. The van der Waals surface area contributed by atoms with Gasteiger partial charge in [-0.2, -0.15) is 0 Å². The van der Waals surface area contributed by atoms with Crippen LogP contribution in [0.5, 0.6) is 11.5 Å². The van der Waals surface area contributed by atoms with Gasteiger partial charge in [0, 0.05) is 19.6 Å². The smallest absolute Gasteiger partial charge is 0.188 e. The SMILES string of the molecule is CCOc1c(Cl)cc(CN=C(N)NCCCN2CCOCC2)cc1OC. The summed E-state index contributed by atoms with van der Waals surface area (Å²) >= 11 is 6.27. The first-order chi connectivity index (χ1) is 12.6. The molecule has 0 aromatic heterocycles. The molecule has 1 aliphatic heterocycles. The molecule has 1 aliphatic rings. The van der Waals surface area contributed by atoms with E-state index in [1.807, 2.05) is 19.1 Å². The summed E-state index contributed by atoms with van der Waals surface area (Å²) in [4.78, 5) is 6.76. The van der Waals surface area contributed by atoms with Crippen LogP contribution in [0.15, 0.2) is 17.1 Å². The molecule has 0 unspecified atom stereocenters. The predicted octanol–water partition coefficient (Wildman–Crippen LogP) is 1.87. The van der Waals surface area contributed by atoms with Crippen molar-refractivity contribution in [1.29, 1.82) is 0 Å². The molecule has 1 saturated heterocycles. The highest BCUT2D eigenvalue weighted by Gasteiger charge is 2.12. The van der Waals surface area contributed by atoms with Gasteiger partial charge < -0.3 is 25.3 Å². The average molecular weight is 385 g/mol. The largest absolute Gasteiger partial charge is 0.493 e. The summed E-state index contributed by atoms with van der Waals surface area (Å²) in [6, 6.07) is 3.69. The van der Waals surface area contributed by atoms with Crippen molar-refractivity contribution in [2.24, 2.45) is 10.7 Å². The van der Waals surface area contributed by atoms with Gasteiger partial charge in [0.25, 0.3) is 0 Å². The molecule has 1 aromatic rings. The van der Waals surface area contributed by atoms with E-state index in [0.717, 1.165) is 51.4 Å². The van der Waals surface area contributed by atoms with Crippen LogP contribution in [0, 0.1) is 0 Å². The van der Waals surface area contributed by atoms with Crippen LogP contribution in [0.2, 0.25) is 5.02 Å². The molecule has 0 amide bonds. The van der Waals surface area contributed by atoms with Gasteiger partial charge in [-0.25, -0.2) is 4.99 Å². The molecular weight excluding hydrogens is 356 g/mol. The van der Waals surface area contributed by atoms with Crippen molar-refractivity contribution in [3.8, 4) is 11.5 Å². The summed E-state index contributed by atoms with van der Waals surface area (Å²) in [5.41, 5.74) is 6.85. The van der Waals surface area contributed by atoms with E-state index in [2.05, 4.69) is 15.2 Å². The van der Waals surface area contributed by atoms with E-state index in [-0.39, 0.29) is 0 Å². The maximum Gasteiger partial charge on any atom is 0.188 e. The third-order valence-corrected chi connectivity index (χ3v) is 4.35. The number of benzene rings is 1. The topological polar surface area (TPSA) is 81.3 Å². The minimum absolute atomic E-state index is 0.421. The number of guanidine groups is 1. The van der Waals surface area contributed by atoms with E-state index in [4.69, 9.17) is 31.5 Å². The summed E-state index contributed by atoms with van der Waals surface area (Å²) in [5.74, 6) is 1.58. The molecule has 0 atom stereocenters. The quantitative estimate of drug-likeness (QED) is 0.384. The van der Waals surface area contributed by atoms with E-state index in [1.54, 1.807) is 7.11 Å². The second-order valence-electron chi connectivity index (χ2n) is 5.98. The Kier molecular flexibility index (Phi) is 8.80. The van der Waals surface area contributed by atoms with Crippen molar-refractivity contribution in [2.75, 3.05) is 53.1 Å². The van der Waals surface area contributed by atoms with E-state index >= 15 is 0 Å².